The van der Waals surface area contributed by atoms with Gasteiger partial charge in [0.05, 0.1) is 0 Å². The lowest BCUT2D eigenvalue weighted by molar-refractivity contribution is 0.540. The van der Waals surface area contributed by atoms with E-state index in [4.69, 9.17) is 0 Å². The molecule has 0 amide bonds. The van der Waals surface area contributed by atoms with Gasteiger partial charge in [0.25, 0.3) is 0 Å². The molecule has 3 nitrogen and oxygen atoms in total. The van der Waals surface area contributed by atoms with Crippen LogP contribution in [-0.4, -0.2) is 16.4 Å². The zero-order valence-electron chi connectivity index (χ0n) is 20.0. The van der Waals surface area contributed by atoms with Gasteiger partial charge in [-0.05, 0) is 62.6 Å². The van der Waals surface area contributed by atoms with Crippen molar-refractivity contribution in [3.63, 3.8) is 0 Å². The Morgan fingerprint density at radius 3 is 1.74 bits per heavy atom. The van der Waals surface area contributed by atoms with Crippen molar-refractivity contribution in [2.45, 2.75) is 84.1 Å². The molecule has 3 rings (SSSR count). The number of benzene rings is 2. The summed E-state index contributed by atoms with van der Waals surface area (Å²) < 4.78 is 4.70. The monoisotopic (exact) mass is 585 g/mol. The van der Waals surface area contributed by atoms with E-state index in [1.165, 1.54) is 66.8 Å². The maximum Gasteiger partial charge on any atom is 0.123 e. The number of hydrogen-bond donors (Lipinski definition) is 0. The zero-order valence-corrected chi connectivity index (χ0v) is 23.1. The first-order valence-electron chi connectivity index (χ1n) is 12.3. The Labute approximate surface area is 219 Å². The minimum Gasteiger partial charge on any atom is -0.340 e. The lowest BCUT2D eigenvalue weighted by Gasteiger charge is -2.08. The fraction of sp³-hybridized carbons (Fsp3) is 0.448. The van der Waals surface area contributed by atoms with E-state index in [9.17, 15) is 9.59 Å². The van der Waals surface area contributed by atoms with Gasteiger partial charge in [-0.15, -0.1) is 0 Å². The fourth-order valence-electron chi connectivity index (χ4n) is 4.67. The highest BCUT2D eigenvalue weighted by atomic mass is 79.9. The van der Waals surface area contributed by atoms with E-state index in [-0.39, 0.29) is 0 Å². The van der Waals surface area contributed by atoms with E-state index >= 15 is 0 Å². The third-order valence-electron chi connectivity index (χ3n) is 6.45. The minimum atomic E-state index is 0.427. The number of rotatable bonds is 14. The van der Waals surface area contributed by atoms with Crippen LogP contribution in [0.1, 0.15) is 77.6 Å². The predicted molar refractivity (Wildman–Crippen MR) is 150 cm³/mol. The summed E-state index contributed by atoms with van der Waals surface area (Å²) in [4.78, 5) is 21.5. The van der Waals surface area contributed by atoms with Crippen LogP contribution in [0.2, 0.25) is 0 Å². The minimum absolute atomic E-state index is 0.427. The average molecular weight is 587 g/mol. The summed E-state index contributed by atoms with van der Waals surface area (Å²) in [6.45, 7) is 2.76. The quantitative estimate of drug-likeness (QED) is 0.139. The molecule has 0 saturated heterocycles. The number of aromatic nitrogens is 1. The summed E-state index contributed by atoms with van der Waals surface area (Å²) in [5.41, 5.74) is 3.89. The van der Waals surface area contributed by atoms with E-state index in [1.54, 1.807) is 6.92 Å². The van der Waals surface area contributed by atoms with Crippen molar-refractivity contribution < 1.29 is 9.59 Å². The number of fused-ring (bicyclic) bond motifs is 3. The summed E-state index contributed by atoms with van der Waals surface area (Å²) in [6, 6.07) is 13.2. The normalized spacial score (nSPS) is 11.0. The molecule has 180 valence electrons. The SMILES string of the molecule is CC(=C=O)CC(=C=O)CCCCCCCCCCCn1c2ccc(Br)cc2c2cc(Br)ccc21. The standard InChI is InChI=1S/C29H33Br2NO2/c1-22(20-33)17-23(21-34)11-9-7-5-3-2-4-6-8-10-16-32-28-14-12-24(30)18-26(28)27-19-25(31)13-15-29(27)32/h12-15,18-19H,2-11,16-17H2,1H3. The molecule has 2 aromatic carbocycles. The molecular formula is C29H33Br2NO2. The Kier molecular flexibility index (Phi) is 10.9. The van der Waals surface area contributed by atoms with Gasteiger partial charge in [-0.1, -0.05) is 76.8 Å². The molecule has 0 aliphatic carbocycles. The lowest BCUT2D eigenvalue weighted by atomic mass is 10.0. The first-order valence-corrected chi connectivity index (χ1v) is 13.9. The first-order chi connectivity index (χ1) is 16.5. The van der Waals surface area contributed by atoms with Gasteiger partial charge < -0.3 is 4.57 Å². The highest BCUT2D eigenvalue weighted by Gasteiger charge is 2.11. The molecule has 0 spiro atoms. The molecule has 0 N–H and O–H groups in total. The Balaban J connectivity index is 1.34. The molecule has 5 heteroatoms. The summed E-state index contributed by atoms with van der Waals surface area (Å²) >= 11 is 7.25. The van der Waals surface area contributed by atoms with Crippen LogP contribution in [0, 0.1) is 0 Å². The van der Waals surface area contributed by atoms with Crippen LogP contribution in [0.3, 0.4) is 0 Å². The Hall–Kier alpha value is -1.90. The molecule has 0 aliphatic rings. The van der Waals surface area contributed by atoms with Gasteiger partial charge in [0.15, 0.2) is 0 Å². The van der Waals surface area contributed by atoms with Crippen LogP contribution in [0.15, 0.2) is 56.5 Å². The van der Waals surface area contributed by atoms with Gasteiger partial charge in [0.1, 0.15) is 11.9 Å². The molecule has 3 aromatic rings. The number of unbranched alkanes of at least 4 members (excludes halogenated alkanes) is 8. The lowest BCUT2D eigenvalue weighted by Crippen LogP contribution is -1.97. The van der Waals surface area contributed by atoms with Gasteiger partial charge >= 0.3 is 0 Å². The highest BCUT2D eigenvalue weighted by molar-refractivity contribution is 9.10. The van der Waals surface area contributed by atoms with Gasteiger partial charge in [-0.25, -0.2) is 9.59 Å². The van der Waals surface area contributed by atoms with E-state index in [1.807, 2.05) is 11.9 Å². The van der Waals surface area contributed by atoms with Crippen LogP contribution in [-0.2, 0) is 16.1 Å². The number of halogens is 2. The van der Waals surface area contributed by atoms with E-state index in [2.05, 4.69) is 72.8 Å². The molecule has 0 aliphatic heterocycles. The van der Waals surface area contributed by atoms with Gasteiger partial charge in [0.2, 0.25) is 0 Å². The van der Waals surface area contributed by atoms with Gasteiger partial charge in [-0.2, -0.15) is 0 Å². The Morgan fingerprint density at radius 1 is 0.735 bits per heavy atom. The van der Waals surface area contributed by atoms with E-state index in [0.29, 0.717) is 17.6 Å². The summed E-state index contributed by atoms with van der Waals surface area (Å²) in [5, 5.41) is 2.61. The molecule has 0 unspecified atom stereocenters. The molecule has 0 radical (unpaired) electrons. The number of aryl methyl sites for hydroxylation is 1. The van der Waals surface area contributed by atoms with Crippen molar-refractivity contribution in [1.82, 2.24) is 4.57 Å². The van der Waals surface area contributed by atoms with Gasteiger partial charge in [0, 0.05) is 54.9 Å². The highest BCUT2D eigenvalue weighted by Crippen LogP contribution is 2.33. The van der Waals surface area contributed by atoms with Crippen molar-refractivity contribution in [2.24, 2.45) is 0 Å². The average Bonchev–Trinajstić information content (AvgIpc) is 3.13. The smallest absolute Gasteiger partial charge is 0.123 e. The second-order valence-corrected chi connectivity index (χ2v) is 11.0. The van der Waals surface area contributed by atoms with Crippen molar-refractivity contribution in [3.05, 3.63) is 56.5 Å². The maximum absolute atomic E-state index is 11.0. The van der Waals surface area contributed by atoms with Crippen LogP contribution < -0.4 is 0 Å². The van der Waals surface area contributed by atoms with Gasteiger partial charge in [-0.3, -0.25) is 0 Å². The molecule has 0 bridgehead atoms. The molecule has 0 atom stereocenters. The Morgan fingerprint density at radius 2 is 1.24 bits per heavy atom. The first kappa shape index (κ1) is 26.7. The fourth-order valence-corrected chi connectivity index (χ4v) is 5.39. The topological polar surface area (TPSA) is 39.1 Å². The second kappa shape index (κ2) is 13.9. The number of allylic oxidation sites excluding steroid dienone is 2. The number of hydrogen-bond acceptors (Lipinski definition) is 2. The summed E-state index contributed by atoms with van der Waals surface area (Å²) in [5.74, 6) is 3.85. The van der Waals surface area contributed by atoms with Crippen LogP contribution >= 0.6 is 31.9 Å². The van der Waals surface area contributed by atoms with Crippen molar-refractivity contribution >= 4 is 65.5 Å². The number of nitrogens with zero attached hydrogens (tertiary/aromatic N) is 1. The molecular weight excluding hydrogens is 554 g/mol. The Bertz CT molecular complexity index is 1150. The number of carbonyl (C=O) groups excluding carboxylic acids is 2. The van der Waals surface area contributed by atoms with Crippen LogP contribution in [0.25, 0.3) is 21.8 Å². The molecule has 1 aromatic heterocycles. The second-order valence-electron chi connectivity index (χ2n) is 9.17. The van der Waals surface area contributed by atoms with Crippen LogP contribution in [0.5, 0.6) is 0 Å². The van der Waals surface area contributed by atoms with Crippen LogP contribution in [0.4, 0.5) is 0 Å². The van der Waals surface area contributed by atoms with E-state index in [0.717, 1.165) is 34.8 Å². The largest absolute Gasteiger partial charge is 0.340 e. The maximum atomic E-state index is 11.0. The van der Waals surface area contributed by atoms with Crippen molar-refractivity contribution in [2.75, 3.05) is 0 Å². The summed E-state index contributed by atoms with van der Waals surface area (Å²) in [6.07, 6.45) is 12.1. The predicted octanol–water partition coefficient (Wildman–Crippen LogP) is 9.15. The molecule has 0 fully saturated rings. The van der Waals surface area contributed by atoms with Crippen molar-refractivity contribution in [3.8, 4) is 0 Å². The third-order valence-corrected chi connectivity index (χ3v) is 7.43. The summed E-state index contributed by atoms with van der Waals surface area (Å²) in [7, 11) is 0. The molecule has 0 saturated carbocycles. The zero-order chi connectivity index (χ0) is 24.3. The third kappa shape index (κ3) is 7.55. The van der Waals surface area contributed by atoms with Crippen molar-refractivity contribution in [1.29, 1.82) is 0 Å². The molecule has 1 heterocycles. The van der Waals surface area contributed by atoms with E-state index < -0.39 is 0 Å². The molecule has 34 heavy (non-hydrogen) atoms.